The Balaban J connectivity index is 1.62. The van der Waals surface area contributed by atoms with Crippen LogP contribution in [-0.4, -0.2) is 86.3 Å². The highest BCUT2D eigenvalue weighted by atomic mass is 32.2. The molecule has 0 saturated heterocycles. The lowest BCUT2D eigenvalue weighted by atomic mass is 10.0. The topological polar surface area (TPSA) is 138 Å². The summed E-state index contributed by atoms with van der Waals surface area (Å²) in [7, 11) is -2.52. The summed E-state index contributed by atoms with van der Waals surface area (Å²) < 4.78 is 53.9. The lowest BCUT2D eigenvalue weighted by Crippen LogP contribution is -2.48. The van der Waals surface area contributed by atoms with Crippen LogP contribution in [0.4, 0.5) is 20.6 Å². The molecular formula is C35H45FN4O7S. The van der Waals surface area contributed by atoms with Crippen LogP contribution in [0, 0.1) is 11.7 Å². The molecule has 0 fully saturated rings. The molecule has 3 amide bonds. The van der Waals surface area contributed by atoms with Gasteiger partial charge in [-0.3, -0.25) is 4.79 Å². The first-order chi connectivity index (χ1) is 22.9. The summed E-state index contributed by atoms with van der Waals surface area (Å²) in [5, 5.41) is 15.7. The summed E-state index contributed by atoms with van der Waals surface area (Å²) in [5.74, 6) is -1.000. The Hall–Kier alpha value is -4.04. The van der Waals surface area contributed by atoms with E-state index in [-0.39, 0.29) is 42.2 Å². The van der Waals surface area contributed by atoms with Crippen molar-refractivity contribution in [1.82, 2.24) is 9.21 Å². The number of fused-ring (bicyclic) bond motifs is 1. The molecule has 0 aliphatic carbocycles. The highest BCUT2D eigenvalue weighted by molar-refractivity contribution is 7.89. The molecule has 1 aliphatic heterocycles. The van der Waals surface area contributed by atoms with Crippen molar-refractivity contribution in [2.75, 3.05) is 44.0 Å². The summed E-state index contributed by atoms with van der Waals surface area (Å²) in [6.07, 6.45) is 1.28. The van der Waals surface area contributed by atoms with E-state index in [4.69, 9.17) is 9.47 Å². The van der Waals surface area contributed by atoms with Crippen LogP contribution in [0.2, 0.25) is 0 Å². The number of hydrogen-bond donors (Lipinski definition) is 3. The SMILES string of the molecule is C[C@@H]1CN([C@H](C)CO)C(=O)c2cc(NC(=O)Nc3ccccc3)ccc2O[C@@H](C)CCCCO[C@H]1CN(C)S(=O)(=O)c1ccc(F)cc1. The molecule has 3 aromatic rings. The Morgan fingerprint density at radius 2 is 1.73 bits per heavy atom. The zero-order chi connectivity index (χ0) is 34.8. The van der Waals surface area contributed by atoms with E-state index in [9.17, 15) is 27.5 Å². The largest absolute Gasteiger partial charge is 0.490 e. The molecule has 0 radical (unpaired) electrons. The summed E-state index contributed by atoms with van der Waals surface area (Å²) in [6.45, 7) is 5.64. The molecule has 48 heavy (non-hydrogen) atoms. The third-order valence-corrected chi connectivity index (χ3v) is 10.1. The van der Waals surface area contributed by atoms with Gasteiger partial charge in [-0.2, -0.15) is 4.31 Å². The molecule has 260 valence electrons. The second-order valence-electron chi connectivity index (χ2n) is 12.2. The van der Waals surface area contributed by atoms with Crippen molar-refractivity contribution in [2.45, 2.75) is 63.2 Å². The molecule has 0 spiro atoms. The van der Waals surface area contributed by atoms with Crippen LogP contribution in [0.3, 0.4) is 0 Å². The predicted molar refractivity (Wildman–Crippen MR) is 182 cm³/mol. The number of para-hydroxylation sites is 1. The molecule has 4 atom stereocenters. The van der Waals surface area contributed by atoms with Crippen molar-refractivity contribution >= 4 is 33.3 Å². The van der Waals surface area contributed by atoms with Crippen molar-refractivity contribution in [3.8, 4) is 5.75 Å². The van der Waals surface area contributed by atoms with E-state index >= 15 is 0 Å². The van der Waals surface area contributed by atoms with Gasteiger partial charge in [-0.1, -0.05) is 25.1 Å². The summed E-state index contributed by atoms with van der Waals surface area (Å²) in [6, 6.07) is 17.4. The van der Waals surface area contributed by atoms with Gasteiger partial charge in [-0.25, -0.2) is 17.6 Å². The maximum Gasteiger partial charge on any atom is 0.323 e. The standard InChI is InChI=1S/C35H45FN4O7S/c1-24-21-40(25(2)23-41)34(42)31-20-29(38-35(43)37-28-11-6-5-7-12-28)15-18-32(31)47-26(3)10-8-9-19-46-33(24)22-39(4)48(44,45)30-16-13-27(36)14-17-30/h5-7,11-18,20,24-26,33,41H,8-10,19,21-23H2,1-4H3,(H2,37,38,43)/t24-,25-,26+,33+/m1/s1. The maximum absolute atomic E-state index is 14.3. The van der Waals surface area contributed by atoms with Crippen molar-refractivity contribution in [1.29, 1.82) is 0 Å². The molecule has 4 rings (SSSR count). The Labute approximate surface area is 282 Å². The maximum atomic E-state index is 14.3. The van der Waals surface area contributed by atoms with Crippen LogP contribution in [0.25, 0.3) is 0 Å². The third-order valence-electron chi connectivity index (χ3n) is 8.30. The van der Waals surface area contributed by atoms with Crippen LogP contribution >= 0.6 is 0 Å². The Kier molecular flexibility index (Phi) is 12.9. The molecule has 13 heteroatoms. The number of aliphatic hydroxyl groups is 1. The number of carbonyl (C=O) groups is 2. The molecular weight excluding hydrogens is 639 g/mol. The summed E-state index contributed by atoms with van der Waals surface area (Å²) >= 11 is 0. The van der Waals surface area contributed by atoms with Gasteiger partial charge in [0.25, 0.3) is 5.91 Å². The minimum atomic E-state index is -3.96. The monoisotopic (exact) mass is 684 g/mol. The second-order valence-corrected chi connectivity index (χ2v) is 14.2. The number of amides is 3. The number of halogens is 1. The summed E-state index contributed by atoms with van der Waals surface area (Å²) in [5.41, 5.74) is 1.18. The Morgan fingerprint density at radius 3 is 2.42 bits per heavy atom. The first kappa shape index (κ1) is 36.8. The van der Waals surface area contributed by atoms with E-state index in [1.54, 1.807) is 49.4 Å². The number of benzene rings is 3. The second kappa shape index (κ2) is 16.9. The number of hydrogen-bond acceptors (Lipinski definition) is 7. The number of anilines is 2. The van der Waals surface area contributed by atoms with Crippen molar-refractivity contribution < 1.29 is 37.0 Å². The highest BCUT2D eigenvalue weighted by Crippen LogP contribution is 2.29. The smallest absolute Gasteiger partial charge is 0.323 e. The highest BCUT2D eigenvalue weighted by Gasteiger charge is 2.32. The number of carbonyl (C=O) groups excluding carboxylic acids is 2. The van der Waals surface area contributed by atoms with Gasteiger partial charge < -0.3 is 30.1 Å². The number of nitrogens with zero attached hydrogens (tertiary/aromatic N) is 2. The van der Waals surface area contributed by atoms with Gasteiger partial charge in [-0.15, -0.1) is 0 Å². The quantitative estimate of drug-likeness (QED) is 0.282. The van der Waals surface area contributed by atoms with Crippen LogP contribution in [0.15, 0.2) is 77.7 Å². The van der Waals surface area contributed by atoms with E-state index in [0.29, 0.717) is 36.6 Å². The molecule has 0 saturated carbocycles. The number of urea groups is 1. The fourth-order valence-corrected chi connectivity index (χ4v) is 6.60. The van der Waals surface area contributed by atoms with Crippen LogP contribution in [0.1, 0.15) is 50.4 Å². The minimum absolute atomic E-state index is 0.0168. The van der Waals surface area contributed by atoms with Crippen molar-refractivity contribution in [3.05, 3.63) is 84.2 Å². The van der Waals surface area contributed by atoms with Gasteiger partial charge in [0.05, 0.1) is 35.3 Å². The molecule has 3 aromatic carbocycles. The zero-order valence-electron chi connectivity index (χ0n) is 27.8. The minimum Gasteiger partial charge on any atom is -0.490 e. The molecule has 0 bridgehead atoms. The first-order valence-electron chi connectivity index (χ1n) is 16.1. The van der Waals surface area contributed by atoms with Crippen LogP contribution in [0.5, 0.6) is 5.75 Å². The van der Waals surface area contributed by atoms with E-state index in [2.05, 4.69) is 10.6 Å². The molecule has 3 N–H and O–H groups in total. The summed E-state index contributed by atoms with van der Waals surface area (Å²) in [4.78, 5) is 28.6. The predicted octanol–water partition coefficient (Wildman–Crippen LogP) is 5.59. The van der Waals surface area contributed by atoms with Gasteiger partial charge in [0.2, 0.25) is 10.0 Å². The van der Waals surface area contributed by atoms with E-state index in [1.807, 2.05) is 19.9 Å². The number of nitrogens with one attached hydrogen (secondary N) is 2. The lowest BCUT2D eigenvalue weighted by Gasteiger charge is -2.35. The number of likely N-dealkylation sites (N-methyl/N-ethyl adjacent to an activating group) is 1. The molecule has 1 aliphatic rings. The molecule has 0 aromatic heterocycles. The van der Waals surface area contributed by atoms with Crippen LogP contribution in [-0.2, 0) is 14.8 Å². The van der Waals surface area contributed by atoms with Crippen molar-refractivity contribution in [2.24, 2.45) is 5.92 Å². The van der Waals surface area contributed by atoms with Gasteiger partial charge >= 0.3 is 6.03 Å². The number of aliphatic hydroxyl groups excluding tert-OH is 1. The number of sulfonamides is 1. The fourth-order valence-electron chi connectivity index (χ4n) is 5.42. The Morgan fingerprint density at radius 1 is 1.04 bits per heavy atom. The van der Waals surface area contributed by atoms with Gasteiger partial charge in [0, 0.05) is 44.0 Å². The van der Waals surface area contributed by atoms with Crippen molar-refractivity contribution in [3.63, 3.8) is 0 Å². The average Bonchev–Trinajstić information content (AvgIpc) is 3.06. The first-order valence-corrected chi connectivity index (χ1v) is 17.5. The Bertz CT molecular complexity index is 1630. The third kappa shape index (κ3) is 9.75. The normalized spacial score (nSPS) is 20.3. The van der Waals surface area contributed by atoms with E-state index in [1.165, 1.54) is 28.4 Å². The number of rotatable bonds is 8. The number of ether oxygens (including phenoxy) is 2. The fraction of sp³-hybridized carbons (Fsp3) is 0.429. The van der Waals surface area contributed by atoms with Crippen LogP contribution < -0.4 is 15.4 Å². The van der Waals surface area contributed by atoms with E-state index < -0.39 is 39.9 Å². The molecule has 0 unspecified atom stereocenters. The molecule has 1 heterocycles. The van der Waals surface area contributed by atoms with Gasteiger partial charge in [0.15, 0.2) is 0 Å². The lowest BCUT2D eigenvalue weighted by molar-refractivity contribution is -0.00834. The van der Waals surface area contributed by atoms with Gasteiger partial charge in [0.1, 0.15) is 11.6 Å². The van der Waals surface area contributed by atoms with Gasteiger partial charge in [-0.05, 0) is 87.7 Å². The average molecular weight is 685 g/mol. The molecule has 11 nitrogen and oxygen atoms in total. The van der Waals surface area contributed by atoms with E-state index in [0.717, 1.165) is 18.6 Å². The zero-order valence-corrected chi connectivity index (χ0v) is 28.6.